The SMILES string of the molecule is CCCCOC(=O)COc1ccc2ccc(O)cc2c1. The summed E-state index contributed by atoms with van der Waals surface area (Å²) in [6, 6.07) is 10.6. The van der Waals surface area contributed by atoms with Crippen molar-refractivity contribution < 1.29 is 19.4 Å². The zero-order chi connectivity index (χ0) is 14.4. The van der Waals surface area contributed by atoms with Gasteiger partial charge in [-0.05, 0) is 41.5 Å². The molecule has 106 valence electrons. The Labute approximate surface area is 117 Å². The van der Waals surface area contributed by atoms with Crippen LogP contribution in [0.5, 0.6) is 11.5 Å². The fourth-order valence-corrected chi connectivity index (χ4v) is 1.82. The maximum atomic E-state index is 11.4. The molecule has 0 aromatic heterocycles. The van der Waals surface area contributed by atoms with Crippen LogP contribution in [0.2, 0.25) is 0 Å². The first-order chi connectivity index (χ1) is 9.69. The first kappa shape index (κ1) is 14.2. The monoisotopic (exact) mass is 274 g/mol. The number of carbonyl (C=O) groups is 1. The van der Waals surface area contributed by atoms with Crippen molar-refractivity contribution in [3.05, 3.63) is 36.4 Å². The van der Waals surface area contributed by atoms with Crippen LogP contribution >= 0.6 is 0 Å². The molecule has 4 heteroatoms. The number of benzene rings is 2. The van der Waals surface area contributed by atoms with Gasteiger partial charge < -0.3 is 14.6 Å². The summed E-state index contributed by atoms with van der Waals surface area (Å²) >= 11 is 0. The average molecular weight is 274 g/mol. The van der Waals surface area contributed by atoms with E-state index >= 15 is 0 Å². The summed E-state index contributed by atoms with van der Waals surface area (Å²) in [7, 11) is 0. The van der Waals surface area contributed by atoms with Crippen LogP contribution in [0.25, 0.3) is 10.8 Å². The van der Waals surface area contributed by atoms with Gasteiger partial charge in [0.05, 0.1) is 6.61 Å². The summed E-state index contributed by atoms with van der Waals surface area (Å²) in [5.74, 6) is 0.415. The Hall–Kier alpha value is -2.23. The van der Waals surface area contributed by atoms with E-state index in [1.54, 1.807) is 24.3 Å². The number of phenols is 1. The zero-order valence-corrected chi connectivity index (χ0v) is 11.5. The molecule has 0 saturated carbocycles. The van der Waals surface area contributed by atoms with Crippen LogP contribution in [0, 0.1) is 0 Å². The molecule has 20 heavy (non-hydrogen) atoms. The molecule has 4 nitrogen and oxygen atoms in total. The molecule has 0 bridgehead atoms. The topological polar surface area (TPSA) is 55.8 Å². The highest BCUT2D eigenvalue weighted by Gasteiger charge is 2.05. The number of esters is 1. The van der Waals surface area contributed by atoms with E-state index in [0.29, 0.717) is 12.4 Å². The summed E-state index contributed by atoms with van der Waals surface area (Å²) < 4.78 is 10.4. The summed E-state index contributed by atoms with van der Waals surface area (Å²) in [6.07, 6.45) is 1.85. The molecule has 2 aromatic rings. The van der Waals surface area contributed by atoms with Gasteiger partial charge in [-0.2, -0.15) is 0 Å². The van der Waals surface area contributed by atoms with Gasteiger partial charge in [-0.25, -0.2) is 4.79 Å². The maximum Gasteiger partial charge on any atom is 0.344 e. The lowest BCUT2D eigenvalue weighted by atomic mass is 10.1. The van der Waals surface area contributed by atoms with Crippen LogP contribution in [0.4, 0.5) is 0 Å². The lowest BCUT2D eigenvalue weighted by Crippen LogP contribution is -2.15. The van der Waals surface area contributed by atoms with E-state index in [1.165, 1.54) is 0 Å². The minimum absolute atomic E-state index is 0.103. The van der Waals surface area contributed by atoms with Crippen LogP contribution in [0.1, 0.15) is 19.8 Å². The molecule has 0 aliphatic carbocycles. The van der Waals surface area contributed by atoms with Crippen LogP contribution < -0.4 is 4.74 Å². The molecule has 1 N–H and O–H groups in total. The first-order valence-electron chi connectivity index (χ1n) is 6.70. The second kappa shape index (κ2) is 6.80. The van der Waals surface area contributed by atoms with Crippen molar-refractivity contribution in [2.75, 3.05) is 13.2 Å². The van der Waals surface area contributed by atoms with Crippen molar-refractivity contribution in [1.29, 1.82) is 0 Å². The van der Waals surface area contributed by atoms with Crippen molar-refractivity contribution in [1.82, 2.24) is 0 Å². The van der Waals surface area contributed by atoms with Crippen LogP contribution in [-0.4, -0.2) is 24.3 Å². The van der Waals surface area contributed by atoms with Gasteiger partial charge >= 0.3 is 5.97 Å². The molecule has 0 heterocycles. The Bertz CT molecular complexity index is 592. The summed E-state index contributed by atoms with van der Waals surface area (Å²) in [5, 5.41) is 11.3. The fourth-order valence-electron chi connectivity index (χ4n) is 1.82. The van der Waals surface area contributed by atoms with E-state index in [-0.39, 0.29) is 18.3 Å². The number of rotatable bonds is 6. The van der Waals surface area contributed by atoms with Gasteiger partial charge in [-0.3, -0.25) is 0 Å². The molecule has 0 amide bonds. The van der Waals surface area contributed by atoms with Crippen molar-refractivity contribution in [2.24, 2.45) is 0 Å². The standard InChI is InChI=1S/C16H18O4/c1-2-3-8-19-16(18)11-20-15-7-5-12-4-6-14(17)9-13(12)10-15/h4-7,9-10,17H,2-3,8,11H2,1H3. The van der Waals surface area contributed by atoms with Gasteiger partial charge in [-0.1, -0.05) is 25.5 Å². The number of fused-ring (bicyclic) bond motifs is 1. The normalized spacial score (nSPS) is 10.4. The fraction of sp³-hybridized carbons (Fsp3) is 0.312. The van der Waals surface area contributed by atoms with Crippen molar-refractivity contribution in [3.8, 4) is 11.5 Å². The van der Waals surface area contributed by atoms with Crippen LogP contribution in [0.3, 0.4) is 0 Å². The predicted molar refractivity (Wildman–Crippen MR) is 77.0 cm³/mol. The average Bonchev–Trinajstić information content (AvgIpc) is 2.45. The Balaban J connectivity index is 1.94. The number of hydrogen-bond donors (Lipinski definition) is 1. The molecule has 2 rings (SSSR count). The summed E-state index contributed by atoms with van der Waals surface area (Å²) in [5.41, 5.74) is 0. The van der Waals surface area contributed by atoms with Crippen molar-refractivity contribution >= 4 is 16.7 Å². The molecule has 0 atom stereocenters. The highest BCUT2D eigenvalue weighted by atomic mass is 16.6. The van der Waals surface area contributed by atoms with Gasteiger partial charge in [-0.15, -0.1) is 0 Å². The Morgan fingerprint density at radius 1 is 1.15 bits per heavy atom. The molecular formula is C16H18O4. The Morgan fingerprint density at radius 3 is 2.75 bits per heavy atom. The third-order valence-electron chi connectivity index (χ3n) is 2.91. The van der Waals surface area contributed by atoms with Crippen molar-refractivity contribution in [3.63, 3.8) is 0 Å². The molecular weight excluding hydrogens is 256 g/mol. The molecule has 0 fully saturated rings. The molecule has 2 aromatic carbocycles. The Morgan fingerprint density at radius 2 is 1.95 bits per heavy atom. The van der Waals surface area contributed by atoms with E-state index in [1.807, 2.05) is 19.1 Å². The van der Waals surface area contributed by atoms with Gasteiger partial charge in [0.1, 0.15) is 11.5 Å². The van der Waals surface area contributed by atoms with Crippen LogP contribution in [0.15, 0.2) is 36.4 Å². The quantitative estimate of drug-likeness (QED) is 0.649. The summed E-state index contributed by atoms with van der Waals surface area (Å²) in [4.78, 5) is 11.4. The van der Waals surface area contributed by atoms with Crippen LogP contribution in [-0.2, 0) is 9.53 Å². The van der Waals surface area contributed by atoms with E-state index in [9.17, 15) is 9.90 Å². The smallest absolute Gasteiger partial charge is 0.344 e. The molecule has 0 saturated heterocycles. The zero-order valence-electron chi connectivity index (χ0n) is 11.5. The van der Waals surface area contributed by atoms with E-state index in [4.69, 9.17) is 9.47 Å². The predicted octanol–water partition coefficient (Wildman–Crippen LogP) is 3.27. The molecule has 0 aliphatic heterocycles. The van der Waals surface area contributed by atoms with E-state index in [0.717, 1.165) is 23.6 Å². The number of ether oxygens (including phenoxy) is 2. The molecule has 0 spiro atoms. The van der Waals surface area contributed by atoms with E-state index < -0.39 is 0 Å². The minimum Gasteiger partial charge on any atom is -0.508 e. The highest BCUT2D eigenvalue weighted by Crippen LogP contribution is 2.24. The minimum atomic E-state index is -0.366. The highest BCUT2D eigenvalue weighted by molar-refractivity contribution is 5.85. The number of hydrogen-bond acceptors (Lipinski definition) is 4. The second-order valence-electron chi connectivity index (χ2n) is 4.56. The molecule has 0 radical (unpaired) electrons. The number of aromatic hydroxyl groups is 1. The Kier molecular flexibility index (Phi) is 4.82. The van der Waals surface area contributed by atoms with Gasteiger partial charge in [0.25, 0.3) is 0 Å². The van der Waals surface area contributed by atoms with Crippen molar-refractivity contribution in [2.45, 2.75) is 19.8 Å². The third-order valence-corrected chi connectivity index (χ3v) is 2.91. The van der Waals surface area contributed by atoms with E-state index in [2.05, 4.69) is 0 Å². The lowest BCUT2D eigenvalue weighted by Gasteiger charge is -2.07. The van der Waals surface area contributed by atoms with Gasteiger partial charge in [0, 0.05) is 0 Å². The third kappa shape index (κ3) is 3.88. The first-order valence-corrected chi connectivity index (χ1v) is 6.70. The molecule has 0 aliphatic rings. The lowest BCUT2D eigenvalue weighted by molar-refractivity contribution is -0.146. The van der Waals surface area contributed by atoms with Gasteiger partial charge in [0.15, 0.2) is 6.61 Å². The summed E-state index contributed by atoms with van der Waals surface area (Å²) in [6.45, 7) is 2.37. The second-order valence-corrected chi connectivity index (χ2v) is 4.56. The molecule has 0 unspecified atom stereocenters. The number of carbonyl (C=O) groups excluding carboxylic acids is 1. The number of phenolic OH excluding ortho intramolecular Hbond substituents is 1. The van der Waals surface area contributed by atoms with Gasteiger partial charge in [0.2, 0.25) is 0 Å². The maximum absolute atomic E-state index is 11.4. The number of unbranched alkanes of at least 4 members (excludes halogenated alkanes) is 1. The largest absolute Gasteiger partial charge is 0.508 e.